The minimum Gasteiger partial charge on any atom is -0.497 e. The van der Waals surface area contributed by atoms with Gasteiger partial charge in [0, 0.05) is 18.4 Å². The molecule has 1 heterocycles. The maximum absolute atomic E-state index is 9.62. The number of ether oxygens (including phenoxy) is 1. The summed E-state index contributed by atoms with van der Waals surface area (Å²) in [5.74, 6) is 2.29. The van der Waals surface area contributed by atoms with E-state index in [0.717, 1.165) is 35.6 Å². The summed E-state index contributed by atoms with van der Waals surface area (Å²) in [6, 6.07) is 7.63. The van der Waals surface area contributed by atoms with Crippen molar-refractivity contribution in [1.29, 1.82) is 0 Å². The van der Waals surface area contributed by atoms with Crippen molar-refractivity contribution in [3.05, 3.63) is 35.7 Å². The molecule has 0 bridgehead atoms. The third-order valence-electron chi connectivity index (χ3n) is 3.23. The van der Waals surface area contributed by atoms with E-state index in [9.17, 15) is 5.11 Å². The van der Waals surface area contributed by atoms with Gasteiger partial charge in [-0.2, -0.15) is 0 Å². The Morgan fingerprint density at radius 1 is 1.44 bits per heavy atom. The Morgan fingerprint density at radius 3 is 3.17 bits per heavy atom. The molecule has 18 heavy (non-hydrogen) atoms. The van der Waals surface area contributed by atoms with E-state index in [4.69, 9.17) is 9.15 Å². The largest absolute Gasteiger partial charge is 0.497 e. The first-order chi connectivity index (χ1) is 8.76. The van der Waals surface area contributed by atoms with Crippen molar-refractivity contribution in [2.45, 2.75) is 25.4 Å². The van der Waals surface area contributed by atoms with Crippen molar-refractivity contribution in [3.63, 3.8) is 0 Å². The van der Waals surface area contributed by atoms with Crippen LogP contribution >= 0.6 is 0 Å². The molecule has 0 saturated heterocycles. The van der Waals surface area contributed by atoms with Crippen LogP contribution in [0, 0.1) is 0 Å². The van der Waals surface area contributed by atoms with Crippen LogP contribution in [0.25, 0.3) is 11.5 Å². The number of methoxy groups -OCH3 is 1. The first-order valence-corrected chi connectivity index (χ1v) is 6.07. The highest BCUT2D eigenvalue weighted by Gasteiger charge is 2.22. The molecule has 1 aliphatic rings. The number of benzene rings is 1. The molecular formula is C14H15NO3. The first-order valence-electron chi connectivity index (χ1n) is 6.07. The summed E-state index contributed by atoms with van der Waals surface area (Å²) >= 11 is 0. The van der Waals surface area contributed by atoms with Crippen molar-refractivity contribution < 1.29 is 14.3 Å². The predicted octanol–water partition coefficient (Wildman–Crippen LogP) is 2.20. The Balaban J connectivity index is 1.97. The lowest BCUT2D eigenvalue weighted by molar-refractivity contribution is 0.153. The van der Waals surface area contributed by atoms with Gasteiger partial charge in [0.25, 0.3) is 0 Å². The van der Waals surface area contributed by atoms with Crippen molar-refractivity contribution in [2.75, 3.05) is 7.11 Å². The molecule has 0 spiro atoms. The highest BCUT2D eigenvalue weighted by molar-refractivity contribution is 5.56. The van der Waals surface area contributed by atoms with Gasteiger partial charge in [-0.15, -0.1) is 0 Å². The van der Waals surface area contributed by atoms with Gasteiger partial charge in [-0.05, 0) is 24.6 Å². The van der Waals surface area contributed by atoms with Gasteiger partial charge in [0.1, 0.15) is 11.5 Å². The van der Waals surface area contributed by atoms with Crippen LogP contribution in [-0.4, -0.2) is 23.3 Å². The highest BCUT2D eigenvalue weighted by Crippen LogP contribution is 2.29. The number of hydrogen-bond acceptors (Lipinski definition) is 4. The van der Waals surface area contributed by atoms with Crippen molar-refractivity contribution in [2.24, 2.45) is 0 Å². The maximum Gasteiger partial charge on any atom is 0.226 e. The second-order valence-electron chi connectivity index (χ2n) is 4.52. The summed E-state index contributed by atoms with van der Waals surface area (Å²) in [6.45, 7) is 0. The van der Waals surface area contributed by atoms with E-state index in [1.807, 2.05) is 24.3 Å². The molecule has 0 radical (unpaired) electrons. The molecular weight excluding hydrogens is 230 g/mol. The molecule has 1 unspecified atom stereocenters. The van der Waals surface area contributed by atoms with Gasteiger partial charge < -0.3 is 14.3 Å². The minimum atomic E-state index is -0.291. The van der Waals surface area contributed by atoms with Crippen LogP contribution in [-0.2, 0) is 12.8 Å². The second-order valence-corrected chi connectivity index (χ2v) is 4.52. The van der Waals surface area contributed by atoms with Crippen LogP contribution in [0.3, 0.4) is 0 Å². The lowest BCUT2D eigenvalue weighted by Crippen LogP contribution is -2.17. The van der Waals surface area contributed by atoms with Crippen LogP contribution < -0.4 is 4.74 Å². The second kappa shape index (κ2) is 4.46. The van der Waals surface area contributed by atoms with E-state index >= 15 is 0 Å². The zero-order chi connectivity index (χ0) is 12.5. The molecule has 1 aromatic carbocycles. The Hall–Kier alpha value is -1.81. The van der Waals surface area contributed by atoms with Crippen LogP contribution in [0.5, 0.6) is 5.75 Å². The smallest absolute Gasteiger partial charge is 0.226 e. The summed E-state index contributed by atoms with van der Waals surface area (Å²) in [6.07, 6.45) is 1.80. The lowest BCUT2D eigenvalue weighted by atomic mass is 9.99. The van der Waals surface area contributed by atoms with Gasteiger partial charge in [0.05, 0.1) is 18.9 Å². The van der Waals surface area contributed by atoms with E-state index in [2.05, 4.69) is 4.98 Å². The number of aryl methyl sites for hydroxylation is 1. The monoisotopic (exact) mass is 245 g/mol. The molecule has 3 rings (SSSR count). The molecule has 94 valence electrons. The van der Waals surface area contributed by atoms with Crippen molar-refractivity contribution in [1.82, 2.24) is 4.98 Å². The third-order valence-corrected chi connectivity index (χ3v) is 3.23. The Labute approximate surface area is 105 Å². The van der Waals surface area contributed by atoms with Gasteiger partial charge in [0.2, 0.25) is 5.89 Å². The van der Waals surface area contributed by atoms with Crippen LogP contribution in [0.1, 0.15) is 17.9 Å². The molecule has 2 aromatic rings. The number of oxazole rings is 1. The van der Waals surface area contributed by atoms with E-state index in [0.29, 0.717) is 12.3 Å². The fourth-order valence-electron chi connectivity index (χ4n) is 2.24. The average Bonchev–Trinajstić information content (AvgIpc) is 2.81. The van der Waals surface area contributed by atoms with E-state index in [1.165, 1.54) is 0 Å². The SMILES string of the molecule is COc1cccc(-c2nc3c(o2)CCC(O)C3)c1. The molecule has 1 N–H and O–H groups in total. The minimum absolute atomic E-state index is 0.291. The zero-order valence-corrected chi connectivity index (χ0v) is 10.2. The predicted molar refractivity (Wildman–Crippen MR) is 66.5 cm³/mol. The lowest BCUT2D eigenvalue weighted by Gasteiger charge is -2.13. The third kappa shape index (κ3) is 1.99. The van der Waals surface area contributed by atoms with Gasteiger partial charge in [-0.3, -0.25) is 0 Å². The Morgan fingerprint density at radius 2 is 2.33 bits per heavy atom. The molecule has 0 aliphatic heterocycles. The fourth-order valence-corrected chi connectivity index (χ4v) is 2.24. The quantitative estimate of drug-likeness (QED) is 0.881. The standard InChI is InChI=1S/C14H15NO3/c1-17-11-4-2-3-9(7-11)14-15-12-8-10(16)5-6-13(12)18-14/h2-4,7,10,16H,5-6,8H2,1H3. The van der Waals surface area contributed by atoms with Gasteiger partial charge >= 0.3 is 0 Å². The fraction of sp³-hybridized carbons (Fsp3) is 0.357. The van der Waals surface area contributed by atoms with E-state index < -0.39 is 0 Å². The molecule has 0 fully saturated rings. The normalized spacial score (nSPS) is 18.4. The van der Waals surface area contributed by atoms with Gasteiger partial charge in [0.15, 0.2) is 0 Å². The highest BCUT2D eigenvalue weighted by atomic mass is 16.5. The molecule has 0 amide bonds. The first kappa shape index (κ1) is 11.3. The van der Waals surface area contributed by atoms with Gasteiger partial charge in [-0.1, -0.05) is 6.07 Å². The summed E-state index contributed by atoms with van der Waals surface area (Å²) in [4.78, 5) is 4.46. The molecule has 1 atom stereocenters. The number of aliphatic hydroxyl groups excluding tert-OH is 1. The summed E-state index contributed by atoms with van der Waals surface area (Å²) in [7, 11) is 1.63. The number of hydrogen-bond donors (Lipinski definition) is 1. The van der Waals surface area contributed by atoms with Crippen molar-refractivity contribution in [3.8, 4) is 17.2 Å². The number of aliphatic hydroxyl groups is 1. The van der Waals surface area contributed by atoms with Crippen LogP contribution in [0.4, 0.5) is 0 Å². The Kier molecular flexibility index (Phi) is 2.80. The summed E-state index contributed by atoms with van der Waals surface area (Å²) < 4.78 is 10.9. The van der Waals surface area contributed by atoms with Crippen molar-refractivity contribution >= 4 is 0 Å². The summed E-state index contributed by atoms with van der Waals surface area (Å²) in [5.41, 5.74) is 1.78. The number of fused-ring (bicyclic) bond motifs is 1. The maximum atomic E-state index is 9.62. The molecule has 1 aromatic heterocycles. The van der Waals surface area contributed by atoms with E-state index in [-0.39, 0.29) is 6.10 Å². The number of nitrogens with zero attached hydrogens (tertiary/aromatic N) is 1. The summed E-state index contributed by atoms with van der Waals surface area (Å²) in [5, 5.41) is 9.62. The molecule has 4 heteroatoms. The number of rotatable bonds is 2. The molecule has 4 nitrogen and oxygen atoms in total. The average molecular weight is 245 g/mol. The Bertz CT molecular complexity index is 562. The number of aromatic nitrogens is 1. The van der Waals surface area contributed by atoms with Gasteiger partial charge in [-0.25, -0.2) is 4.98 Å². The topological polar surface area (TPSA) is 55.5 Å². The molecule has 1 aliphatic carbocycles. The molecule has 0 saturated carbocycles. The van der Waals surface area contributed by atoms with E-state index in [1.54, 1.807) is 7.11 Å². The zero-order valence-electron chi connectivity index (χ0n) is 10.2. The van der Waals surface area contributed by atoms with Crippen LogP contribution in [0.2, 0.25) is 0 Å². The van der Waals surface area contributed by atoms with Crippen LogP contribution in [0.15, 0.2) is 28.7 Å².